The maximum atomic E-state index is 5.54. The highest BCUT2D eigenvalue weighted by Crippen LogP contribution is 2.24. The molecule has 0 aliphatic heterocycles. The van der Waals surface area contributed by atoms with Crippen LogP contribution in [0.3, 0.4) is 0 Å². The Hall–Kier alpha value is -1.16. The van der Waals surface area contributed by atoms with Gasteiger partial charge in [0.05, 0.1) is 5.52 Å². The average Bonchev–Trinajstić information content (AvgIpc) is 2.44. The van der Waals surface area contributed by atoms with E-state index < -0.39 is 0 Å². The van der Waals surface area contributed by atoms with Crippen molar-refractivity contribution in [2.75, 3.05) is 12.0 Å². The molecular formula is C8H9N3S. The lowest BCUT2D eigenvalue weighted by atomic mass is 10.3. The number of fused-ring (bicyclic) bond motifs is 1. The zero-order chi connectivity index (χ0) is 8.55. The van der Waals surface area contributed by atoms with Crippen LogP contribution < -0.4 is 5.73 Å². The maximum Gasteiger partial charge on any atom is 0.198 e. The minimum atomic E-state index is 0.478. The van der Waals surface area contributed by atoms with E-state index >= 15 is 0 Å². The lowest BCUT2D eigenvalue weighted by molar-refractivity contribution is 1.34. The highest BCUT2D eigenvalue weighted by molar-refractivity contribution is 7.98. The molecule has 0 saturated carbocycles. The van der Waals surface area contributed by atoms with Gasteiger partial charge >= 0.3 is 0 Å². The summed E-state index contributed by atoms with van der Waals surface area (Å²) in [6.07, 6.45) is 2.03. The number of benzene rings is 1. The third kappa shape index (κ3) is 1.04. The summed E-state index contributed by atoms with van der Waals surface area (Å²) in [5, 5.41) is 0. The summed E-state index contributed by atoms with van der Waals surface area (Å²) in [5.41, 5.74) is 7.50. The topological polar surface area (TPSA) is 54.7 Å². The van der Waals surface area contributed by atoms with Crippen LogP contribution in [0.15, 0.2) is 23.1 Å². The van der Waals surface area contributed by atoms with Crippen LogP contribution >= 0.6 is 11.8 Å². The van der Waals surface area contributed by atoms with Crippen molar-refractivity contribution >= 4 is 28.7 Å². The molecule has 2 rings (SSSR count). The van der Waals surface area contributed by atoms with Crippen molar-refractivity contribution in [3.63, 3.8) is 0 Å². The molecule has 1 aromatic carbocycles. The van der Waals surface area contributed by atoms with E-state index in [4.69, 9.17) is 5.73 Å². The molecule has 0 radical (unpaired) electrons. The number of nitrogen functional groups attached to an aromatic ring is 1. The summed E-state index contributed by atoms with van der Waals surface area (Å²) < 4.78 is 0. The molecule has 0 aliphatic carbocycles. The van der Waals surface area contributed by atoms with Crippen LogP contribution in [0.4, 0.5) is 5.95 Å². The molecule has 0 saturated heterocycles. The van der Waals surface area contributed by atoms with Gasteiger partial charge < -0.3 is 10.7 Å². The van der Waals surface area contributed by atoms with E-state index in [-0.39, 0.29) is 0 Å². The number of hydrogen-bond donors (Lipinski definition) is 2. The molecule has 0 fully saturated rings. The molecule has 12 heavy (non-hydrogen) atoms. The first-order chi connectivity index (χ1) is 5.81. The molecule has 1 aromatic heterocycles. The summed E-state index contributed by atoms with van der Waals surface area (Å²) in [6, 6.07) is 6.00. The number of anilines is 1. The number of nitrogens with one attached hydrogen (secondary N) is 1. The number of aromatic nitrogens is 2. The van der Waals surface area contributed by atoms with Crippen molar-refractivity contribution in [1.29, 1.82) is 0 Å². The average molecular weight is 179 g/mol. The Balaban J connectivity index is 2.78. The Bertz CT molecular complexity index is 408. The van der Waals surface area contributed by atoms with Gasteiger partial charge in [-0.15, -0.1) is 11.8 Å². The minimum Gasteiger partial charge on any atom is -0.369 e. The van der Waals surface area contributed by atoms with Crippen LogP contribution in [0.1, 0.15) is 0 Å². The second-order valence-corrected chi connectivity index (χ2v) is 3.33. The van der Waals surface area contributed by atoms with Crippen molar-refractivity contribution in [1.82, 2.24) is 9.97 Å². The Labute approximate surface area is 74.4 Å². The molecular weight excluding hydrogens is 170 g/mol. The SMILES string of the molecule is CSc1cccc2[nH]c(N)nc12. The lowest BCUT2D eigenvalue weighted by Crippen LogP contribution is -1.84. The molecule has 0 bridgehead atoms. The molecule has 0 atom stereocenters. The van der Waals surface area contributed by atoms with Crippen molar-refractivity contribution in [2.24, 2.45) is 0 Å². The highest BCUT2D eigenvalue weighted by atomic mass is 32.2. The predicted molar refractivity (Wildman–Crippen MR) is 52.3 cm³/mol. The third-order valence-corrected chi connectivity index (χ3v) is 2.48. The Morgan fingerprint density at radius 3 is 3.08 bits per heavy atom. The van der Waals surface area contributed by atoms with Gasteiger partial charge in [0.25, 0.3) is 0 Å². The predicted octanol–water partition coefficient (Wildman–Crippen LogP) is 1.87. The van der Waals surface area contributed by atoms with E-state index in [1.54, 1.807) is 11.8 Å². The van der Waals surface area contributed by atoms with Crippen LogP contribution in [0.2, 0.25) is 0 Å². The zero-order valence-electron chi connectivity index (χ0n) is 6.66. The largest absolute Gasteiger partial charge is 0.369 e. The first kappa shape index (κ1) is 7.49. The Morgan fingerprint density at radius 1 is 1.50 bits per heavy atom. The van der Waals surface area contributed by atoms with Crippen molar-refractivity contribution in [3.8, 4) is 0 Å². The minimum absolute atomic E-state index is 0.478. The van der Waals surface area contributed by atoms with E-state index in [2.05, 4.69) is 9.97 Å². The molecule has 3 nitrogen and oxygen atoms in total. The van der Waals surface area contributed by atoms with Gasteiger partial charge in [0, 0.05) is 4.90 Å². The summed E-state index contributed by atoms with van der Waals surface area (Å²) >= 11 is 1.67. The summed E-state index contributed by atoms with van der Waals surface area (Å²) in [4.78, 5) is 8.32. The fraction of sp³-hybridized carbons (Fsp3) is 0.125. The number of para-hydroxylation sites is 1. The fourth-order valence-electron chi connectivity index (χ4n) is 1.19. The van der Waals surface area contributed by atoms with Crippen molar-refractivity contribution in [3.05, 3.63) is 18.2 Å². The standard InChI is InChI=1S/C8H9N3S/c1-12-6-4-2-3-5-7(6)11-8(9)10-5/h2-4H,1H3,(H3,9,10,11). The smallest absolute Gasteiger partial charge is 0.198 e. The number of nitrogens with two attached hydrogens (primary N) is 1. The van der Waals surface area contributed by atoms with Gasteiger partial charge in [-0.05, 0) is 18.4 Å². The summed E-state index contributed by atoms with van der Waals surface area (Å²) in [6.45, 7) is 0. The molecule has 2 aromatic rings. The fourth-order valence-corrected chi connectivity index (χ4v) is 1.75. The molecule has 3 N–H and O–H groups in total. The van der Waals surface area contributed by atoms with Crippen LogP contribution in [-0.4, -0.2) is 16.2 Å². The molecule has 1 heterocycles. The van der Waals surface area contributed by atoms with Gasteiger partial charge in [-0.3, -0.25) is 0 Å². The van der Waals surface area contributed by atoms with Gasteiger partial charge in [-0.2, -0.15) is 0 Å². The van der Waals surface area contributed by atoms with E-state index in [1.165, 1.54) is 0 Å². The molecule has 0 amide bonds. The van der Waals surface area contributed by atoms with E-state index in [9.17, 15) is 0 Å². The van der Waals surface area contributed by atoms with Crippen LogP contribution in [0.5, 0.6) is 0 Å². The monoisotopic (exact) mass is 179 g/mol. The molecule has 0 unspecified atom stereocenters. The van der Waals surface area contributed by atoms with E-state index in [0.717, 1.165) is 15.9 Å². The van der Waals surface area contributed by atoms with Gasteiger partial charge in [0.2, 0.25) is 0 Å². The Kier molecular flexibility index (Phi) is 1.69. The van der Waals surface area contributed by atoms with E-state index in [1.807, 2.05) is 24.5 Å². The third-order valence-electron chi connectivity index (χ3n) is 1.71. The first-order valence-electron chi connectivity index (χ1n) is 3.59. The second kappa shape index (κ2) is 2.71. The number of nitrogens with zero attached hydrogens (tertiary/aromatic N) is 1. The quantitative estimate of drug-likeness (QED) is 0.657. The first-order valence-corrected chi connectivity index (χ1v) is 4.82. The lowest BCUT2D eigenvalue weighted by Gasteiger charge is -1.94. The van der Waals surface area contributed by atoms with Crippen LogP contribution in [0.25, 0.3) is 11.0 Å². The number of hydrogen-bond acceptors (Lipinski definition) is 3. The summed E-state index contributed by atoms with van der Waals surface area (Å²) in [7, 11) is 0. The number of rotatable bonds is 1. The van der Waals surface area contributed by atoms with Gasteiger partial charge in [0.1, 0.15) is 5.52 Å². The second-order valence-electron chi connectivity index (χ2n) is 2.48. The molecule has 62 valence electrons. The number of H-pyrrole nitrogens is 1. The van der Waals surface area contributed by atoms with E-state index in [0.29, 0.717) is 5.95 Å². The molecule has 0 spiro atoms. The van der Waals surface area contributed by atoms with Crippen LogP contribution in [0, 0.1) is 0 Å². The van der Waals surface area contributed by atoms with Crippen molar-refractivity contribution in [2.45, 2.75) is 4.90 Å². The zero-order valence-corrected chi connectivity index (χ0v) is 7.48. The molecule has 0 aliphatic rings. The van der Waals surface area contributed by atoms with Crippen molar-refractivity contribution < 1.29 is 0 Å². The summed E-state index contributed by atoms with van der Waals surface area (Å²) in [5.74, 6) is 0.478. The number of thioether (sulfide) groups is 1. The maximum absolute atomic E-state index is 5.54. The number of imidazole rings is 1. The van der Waals surface area contributed by atoms with Gasteiger partial charge in [-0.25, -0.2) is 4.98 Å². The molecule has 4 heteroatoms. The van der Waals surface area contributed by atoms with Gasteiger partial charge in [-0.1, -0.05) is 6.07 Å². The normalized spacial score (nSPS) is 10.8. The number of aromatic amines is 1. The Morgan fingerprint density at radius 2 is 2.33 bits per heavy atom. The highest BCUT2D eigenvalue weighted by Gasteiger charge is 2.03. The van der Waals surface area contributed by atoms with Crippen LogP contribution in [-0.2, 0) is 0 Å². The van der Waals surface area contributed by atoms with Gasteiger partial charge in [0.15, 0.2) is 5.95 Å².